The molecule has 7 nitrogen and oxygen atoms in total. The minimum atomic E-state index is -3.61. The van der Waals surface area contributed by atoms with Crippen molar-refractivity contribution >= 4 is 31.5 Å². The summed E-state index contributed by atoms with van der Waals surface area (Å²) in [5, 5.41) is 0. The average Bonchev–Trinajstić information content (AvgIpc) is 2.68. The molecule has 2 rings (SSSR count). The number of carbonyl (C=O) groups excluding carboxylic acids is 1. The summed E-state index contributed by atoms with van der Waals surface area (Å²) in [6.45, 7) is 0.269. The van der Waals surface area contributed by atoms with E-state index < -0.39 is 9.05 Å². The summed E-state index contributed by atoms with van der Waals surface area (Å²) in [6.07, 6.45) is 1.61. The molecule has 1 atom stereocenters. The van der Waals surface area contributed by atoms with Crippen LogP contribution in [0.2, 0.25) is 0 Å². The quantitative estimate of drug-likeness (QED) is 0.748. The normalized spacial score (nSPS) is 19.8. The smallest absolute Gasteiger partial charge is 0.318 e. The van der Waals surface area contributed by atoms with E-state index in [1.807, 2.05) is 0 Å². The summed E-state index contributed by atoms with van der Waals surface area (Å²) in [4.78, 5) is 21.2. The molecule has 9 heteroatoms. The van der Waals surface area contributed by atoms with Crippen LogP contribution in [0.3, 0.4) is 0 Å². The zero-order valence-corrected chi connectivity index (χ0v) is 11.7. The van der Waals surface area contributed by atoms with Gasteiger partial charge in [-0.15, -0.1) is 0 Å². The molecule has 1 saturated heterocycles. The zero-order chi connectivity index (χ0) is 14.0. The molecule has 2 heterocycles. The SMILES string of the molecule is COc1nccc(N2CC(CS(=O)(=O)Cl)CC2=O)n1. The number of ether oxygens (including phenoxy) is 1. The molecule has 1 aromatic heterocycles. The molecule has 1 aliphatic heterocycles. The number of hydrogen-bond acceptors (Lipinski definition) is 6. The van der Waals surface area contributed by atoms with Crippen molar-refractivity contribution in [3.05, 3.63) is 12.3 Å². The molecule has 0 aromatic carbocycles. The van der Waals surface area contributed by atoms with Gasteiger partial charge in [0.15, 0.2) is 0 Å². The van der Waals surface area contributed by atoms with Crippen LogP contribution < -0.4 is 9.64 Å². The first-order chi connectivity index (χ1) is 8.89. The Hall–Kier alpha value is -1.41. The molecule has 1 amide bonds. The highest BCUT2D eigenvalue weighted by molar-refractivity contribution is 8.13. The number of carbonyl (C=O) groups is 1. The van der Waals surface area contributed by atoms with Crippen molar-refractivity contribution in [2.45, 2.75) is 6.42 Å². The summed E-state index contributed by atoms with van der Waals surface area (Å²) in [5.74, 6) is -0.340. The summed E-state index contributed by atoms with van der Waals surface area (Å²) in [7, 11) is 3.01. The summed E-state index contributed by atoms with van der Waals surface area (Å²) >= 11 is 0. The van der Waals surface area contributed by atoms with Gasteiger partial charge in [0, 0.05) is 35.8 Å². The van der Waals surface area contributed by atoms with Crippen LogP contribution in [-0.2, 0) is 13.8 Å². The largest absolute Gasteiger partial charge is 0.467 e. The summed E-state index contributed by atoms with van der Waals surface area (Å²) in [6, 6.07) is 1.72. The first-order valence-corrected chi connectivity index (χ1v) is 7.96. The molecular formula is C10H12ClN3O4S. The van der Waals surface area contributed by atoms with Gasteiger partial charge in [-0.3, -0.25) is 9.69 Å². The van der Waals surface area contributed by atoms with Crippen molar-refractivity contribution in [3.8, 4) is 6.01 Å². The Kier molecular flexibility index (Phi) is 3.91. The van der Waals surface area contributed by atoms with Gasteiger partial charge in [0.2, 0.25) is 15.0 Å². The number of methoxy groups -OCH3 is 1. The van der Waals surface area contributed by atoms with Gasteiger partial charge in [0.1, 0.15) is 5.82 Å². The Morgan fingerprint density at radius 1 is 1.58 bits per heavy atom. The maximum Gasteiger partial charge on any atom is 0.318 e. The van der Waals surface area contributed by atoms with Crippen LogP contribution in [0.5, 0.6) is 6.01 Å². The van der Waals surface area contributed by atoms with Gasteiger partial charge in [-0.2, -0.15) is 4.98 Å². The van der Waals surface area contributed by atoms with E-state index in [0.717, 1.165) is 0 Å². The number of rotatable bonds is 4. The topological polar surface area (TPSA) is 89.5 Å². The Morgan fingerprint density at radius 2 is 2.32 bits per heavy atom. The minimum Gasteiger partial charge on any atom is -0.467 e. The lowest BCUT2D eigenvalue weighted by atomic mass is 10.1. The third kappa shape index (κ3) is 3.54. The Balaban J connectivity index is 2.15. The maximum absolute atomic E-state index is 11.9. The number of nitrogens with zero attached hydrogens (tertiary/aromatic N) is 3. The highest BCUT2D eigenvalue weighted by Gasteiger charge is 2.33. The van der Waals surface area contributed by atoms with Gasteiger partial charge in [-0.05, 0) is 6.07 Å². The predicted octanol–water partition coefficient (Wildman–Crippen LogP) is 0.407. The van der Waals surface area contributed by atoms with Crippen molar-refractivity contribution in [1.82, 2.24) is 9.97 Å². The summed E-state index contributed by atoms with van der Waals surface area (Å²) < 4.78 is 26.9. The van der Waals surface area contributed by atoms with Crippen molar-refractivity contribution in [2.75, 3.05) is 24.3 Å². The molecule has 1 fully saturated rings. The second-order valence-corrected chi connectivity index (χ2v) is 7.00. The number of amides is 1. The van der Waals surface area contributed by atoms with Crippen molar-refractivity contribution in [2.24, 2.45) is 5.92 Å². The van der Waals surface area contributed by atoms with E-state index in [1.165, 1.54) is 18.2 Å². The van der Waals surface area contributed by atoms with E-state index in [4.69, 9.17) is 15.4 Å². The zero-order valence-electron chi connectivity index (χ0n) is 10.1. The van der Waals surface area contributed by atoms with Gasteiger partial charge < -0.3 is 4.74 Å². The van der Waals surface area contributed by atoms with Gasteiger partial charge >= 0.3 is 6.01 Å². The van der Waals surface area contributed by atoms with Crippen LogP contribution >= 0.6 is 10.7 Å². The lowest BCUT2D eigenvalue weighted by Crippen LogP contribution is -2.26. The van der Waals surface area contributed by atoms with Crippen molar-refractivity contribution < 1.29 is 17.9 Å². The molecular weight excluding hydrogens is 294 g/mol. The number of halogens is 1. The molecule has 0 radical (unpaired) electrons. The van der Waals surface area contributed by atoms with Crippen LogP contribution in [0.4, 0.5) is 5.82 Å². The van der Waals surface area contributed by atoms with Crippen LogP contribution in [0, 0.1) is 5.92 Å². The number of hydrogen-bond donors (Lipinski definition) is 0. The van der Waals surface area contributed by atoms with Gasteiger partial charge in [0.25, 0.3) is 0 Å². The van der Waals surface area contributed by atoms with Crippen molar-refractivity contribution in [3.63, 3.8) is 0 Å². The third-order valence-electron chi connectivity index (χ3n) is 2.72. The predicted molar refractivity (Wildman–Crippen MR) is 68.7 cm³/mol. The Labute approximate surface area is 115 Å². The summed E-state index contributed by atoms with van der Waals surface area (Å²) in [5.41, 5.74) is 0. The van der Waals surface area contributed by atoms with Gasteiger partial charge in [0.05, 0.1) is 12.9 Å². The van der Waals surface area contributed by atoms with Crippen LogP contribution in [-0.4, -0.2) is 43.7 Å². The fourth-order valence-electron chi connectivity index (χ4n) is 1.98. The first kappa shape index (κ1) is 14.0. The molecule has 0 aliphatic carbocycles. The highest BCUT2D eigenvalue weighted by Crippen LogP contribution is 2.25. The second-order valence-electron chi connectivity index (χ2n) is 4.18. The molecule has 0 spiro atoms. The van der Waals surface area contributed by atoms with Crippen LogP contribution in [0.15, 0.2) is 12.3 Å². The fraction of sp³-hybridized carbons (Fsp3) is 0.500. The standard InChI is InChI=1S/C10H12ClN3O4S/c1-18-10-12-3-2-8(13-10)14-5-7(4-9(14)15)6-19(11,16)17/h2-3,7H,4-6H2,1H3. The fourth-order valence-corrected chi connectivity index (χ4v) is 3.30. The lowest BCUT2D eigenvalue weighted by Gasteiger charge is -2.15. The van der Waals surface area contributed by atoms with E-state index >= 15 is 0 Å². The van der Waals surface area contributed by atoms with E-state index in [9.17, 15) is 13.2 Å². The van der Waals surface area contributed by atoms with Gasteiger partial charge in [-0.1, -0.05) is 0 Å². The van der Waals surface area contributed by atoms with E-state index in [1.54, 1.807) is 6.07 Å². The molecule has 0 bridgehead atoms. The monoisotopic (exact) mass is 305 g/mol. The molecule has 1 aromatic rings. The molecule has 0 N–H and O–H groups in total. The molecule has 0 saturated carbocycles. The Bertz CT molecular complexity index is 592. The van der Waals surface area contributed by atoms with Crippen molar-refractivity contribution in [1.29, 1.82) is 0 Å². The second kappa shape index (κ2) is 5.30. The van der Waals surface area contributed by atoms with E-state index in [2.05, 4.69) is 9.97 Å². The molecule has 19 heavy (non-hydrogen) atoms. The van der Waals surface area contributed by atoms with Gasteiger partial charge in [-0.25, -0.2) is 13.4 Å². The minimum absolute atomic E-state index is 0.137. The first-order valence-electron chi connectivity index (χ1n) is 5.49. The van der Waals surface area contributed by atoms with Crippen LogP contribution in [0.1, 0.15) is 6.42 Å². The number of aromatic nitrogens is 2. The maximum atomic E-state index is 11.9. The molecule has 104 valence electrons. The third-order valence-corrected chi connectivity index (χ3v) is 3.97. The molecule has 1 aliphatic rings. The average molecular weight is 306 g/mol. The van der Waals surface area contributed by atoms with Crippen LogP contribution in [0.25, 0.3) is 0 Å². The van der Waals surface area contributed by atoms with E-state index in [0.29, 0.717) is 5.82 Å². The highest BCUT2D eigenvalue weighted by atomic mass is 35.7. The van der Waals surface area contributed by atoms with E-state index in [-0.39, 0.29) is 36.6 Å². The molecule has 1 unspecified atom stereocenters. The number of anilines is 1. The lowest BCUT2D eigenvalue weighted by molar-refractivity contribution is -0.117. The Morgan fingerprint density at radius 3 is 2.95 bits per heavy atom.